The van der Waals surface area contributed by atoms with Crippen LogP contribution in [0, 0.1) is 10.1 Å². The van der Waals surface area contributed by atoms with Gasteiger partial charge in [-0.15, -0.1) is 11.8 Å². The van der Waals surface area contributed by atoms with Gasteiger partial charge in [0.25, 0.3) is 5.69 Å². The van der Waals surface area contributed by atoms with Crippen LogP contribution in [0.15, 0.2) is 53.4 Å². The first kappa shape index (κ1) is 16.8. The summed E-state index contributed by atoms with van der Waals surface area (Å²) in [6.45, 7) is 1.77. The van der Waals surface area contributed by atoms with Crippen molar-refractivity contribution in [1.29, 1.82) is 0 Å². The van der Waals surface area contributed by atoms with E-state index in [1.807, 2.05) is 24.3 Å². The van der Waals surface area contributed by atoms with Crippen molar-refractivity contribution in [2.24, 2.45) is 0 Å². The van der Waals surface area contributed by atoms with E-state index in [1.54, 1.807) is 20.1 Å². The Morgan fingerprint density at radius 2 is 2.00 bits per heavy atom. The van der Waals surface area contributed by atoms with Crippen molar-refractivity contribution < 1.29 is 14.5 Å². The topological polar surface area (TPSA) is 81.5 Å². The molecule has 0 saturated heterocycles. The van der Waals surface area contributed by atoms with Gasteiger partial charge in [0.1, 0.15) is 5.75 Å². The number of ether oxygens (including phenoxy) is 1. The summed E-state index contributed by atoms with van der Waals surface area (Å²) in [5.41, 5.74) is 0.346. The average Bonchev–Trinajstić information content (AvgIpc) is 2.55. The third-order valence-electron chi connectivity index (χ3n) is 3.05. The molecule has 0 radical (unpaired) electrons. The zero-order valence-electron chi connectivity index (χ0n) is 12.7. The Morgan fingerprint density at radius 1 is 1.26 bits per heavy atom. The first-order valence-corrected chi connectivity index (χ1v) is 7.73. The smallest absolute Gasteiger partial charge is 0.271 e. The van der Waals surface area contributed by atoms with Crippen molar-refractivity contribution in [2.45, 2.75) is 17.1 Å². The van der Waals surface area contributed by atoms with E-state index in [0.29, 0.717) is 5.69 Å². The molecule has 2 rings (SSSR count). The predicted octanol–water partition coefficient (Wildman–Crippen LogP) is 3.72. The van der Waals surface area contributed by atoms with Crippen molar-refractivity contribution >= 4 is 29.0 Å². The van der Waals surface area contributed by atoms with Crippen LogP contribution < -0.4 is 10.1 Å². The number of rotatable bonds is 6. The second-order valence-electron chi connectivity index (χ2n) is 4.74. The van der Waals surface area contributed by atoms with Gasteiger partial charge in [0.05, 0.1) is 17.3 Å². The predicted molar refractivity (Wildman–Crippen MR) is 90.0 cm³/mol. The number of nitro benzene ring substituents is 1. The lowest BCUT2D eigenvalue weighted by Gasteiger charge is -2.12. The van der Waals surface area contributed by atoms with Crippen LogP contribution in [0.5, 0.6) is 5.75 Å². The molecule has 1 amide bonds. The Bertz CT molecular complexity index is 721. The van der Waals surface area contributed by atoms with Gasteiger partial charge in [-0.3, -0.25) is 14.9 Å². The number of nitrogens with one attached hydrogen (secondary N) is 1. The molecule has 0 heterocycles. The normalized spacial score (nSPS) is 11.6. The maximum absolute atomic E-state index is 12.2. The lowest BCUT2D eigenvalue weighted by Crippen LogP contribution is -2.22. The minimum atomic E-state index is -0.496. The van der Waals surface area contributed by atoms with Gasteiger partial charge in [-0.1, -0.05) is 12.1 Å². The van der Waals surface area contributed by atoms with Gasteiger partial charge < -0.3 is 10.1 Å². The lowest BCUT2D eigenvalue weighted by atomic mass is 10.2. The number of nitrogens with zero attached hydrogens (tertiary/aromatic N) is 1. The molecule has 0 spiro atoms. The minimum absolute atomic E-state index is 0.0594. The van der Waals surface area contributed by atoms with Gasteiger partial charge >= 0.3 is 0 Å². The summed E-state index contributed by atoms with van der Waals surface area (Å²) >= 11 is 1.39. The summed E-state index contributed by atoms with van der Waals surface area (Å²) < 4.78 is 5.15. The van der Waals surface area contributed by atoms with E-state index in [-0.39, 0.29) is 16.8 Å². The Balaban J connectivity index is 2.02. The monoisotopic (exact) mass is 332 g/mol. The van der Waals surface area contributed by atoms with Crippen LogP contribution >= 0.6 is 11.8 Å². The molecule has 0 fully saturated rings. The van der Waals surface area contributed by atoms with Crippen molar-refractivity contribution in [3.63, 3.8) is 0 Å². The SMILES string of the molecule is COc1cccc(SC(C)C(=O)Nc2cccc([N+](=O)[O-])c2)c1. The molecule has 0 aliphatic heterocycles. The first-order valence-electron chi connectivity index (χ1n) is 6.85. The Morgan fingerprint density at radius 3 is 2.70 bits per heavy atom. The molecule has 0 aromatic heterocycles. The molecule has 23 heavy (non-hydrogen) atoms. The summed E-state index contributed by atoms with van der Waals surface area (Å²) in [6.07, 6.45) is 0. The molecule has 7 heteroatoms. The van der Waals surface area contributed by atoms with E-state index >= 15 is 0 Å². The van der Waals surface area contributed by atoms with Crippen LogP contribution in [-0.4, -0.2) is 23.2 Å². The second-order valence-corrected chi connectivity index (χ2v) is 6.15. The summed E-state index contributed by atoms with van der Waals surface area (Å²) in [5, 5.41) is 13.1. The fraction of sp³-hybridized carbons (Fsp3) is 0.188. The van der Waals surface area contributed by atoms with Crippen LogP contribution in [0.2, 0.25) is 0 Å². The minimum Gasteiger partial charge on any atom is -0.497 e. The number of benzene rings is 2. The largest absolute Gasteiger partial charge is 0.497 e. The van der Waals surface area contributed by atoms with E-state index in [0.717, 1.165) is 10.6 Å². The van der Waals surface area contributed by atoms with E-state index in [1.165, 1.54) is 30.0 Å². The number of nitro groups is 1. The number of thioether (sulfide) groups is 1. The average molecular weight is 332 g/mol. The molecule has 2 aromatic carbocycles. The fourth-order valence-corrected chi connectivity index (χ4v) is 2.79. The molecule has 0 aliphatic rings. The molecule has 120 valence electrons. The molecule has 0 bridgehead atoms. The number of hydrogen-bond acceptors (Lipinski definition) is 5. The lowest BCUT2D eigenvalue weighted by molar-refractivity contribution is -0.384. The summed E-state index contributed by atoms with van der Waals surface area (Å²) in [4.78, 5) is 23.4. The Hall–Kier alpha value is -2.54. The molecule has 1 N–H and O–H groups in total. The van der Waals surface area contributed by atoms with Crippen molar-refractivity contribution in [3.05, 3.63) is 58.6 Å². The number of carbonyl (C=O) groups is 1. The summed E-state index contributed by atoms with van der Waals surface area (Å²) in [6, 6.07) is 13.3. The van der Waals surface area contributed by atoms with Crippen LogP contribution in [0.1, 0.15) is 6.92 Å². The quantitative estimate of drug-likeness (QED) is 0.495. The van der Waals surface area contributed by atoms with Gasteiger partial charge in [0.15, 0.2) is 0 Å². The van der Waals surface area contributed by atoms with Crippen LogP contribution in [-0.2, 0) is 4.79 Å². The summed E-state index contributed by atoms with van der Waals surface area (Å²) in [7, 11) is 1.59. The van der Waals surface area contributed by atoms with Crippen LogP contribution in [0.4, 0.5) is 11.4 Å². The molecule has 0 saturated carbocycles. The number of hydrogen-bond donors (Lipinski definition) is 1. The Kier molecular flexibility index (Phi) is 5.59. The Labute approximate surface area is 138 Å². The molecule has 0 aliphatic carbocycles. The molecule has 6 nitrogen and oxygen atoms in total. The number of amides is 1. The van der Waals surface area contributed by atoms with Crippen molar-refractivity contribution in [1.82, 2.24) is 0 Å². The molecule has 1 atom stereocenters. The molecule has 2 aromatic rings. The number of non-ortho nitro benzene ring substituents is 1. The zero-order chi connectivity index (χ0) is 16.8. The van der Waals surface area contributed by atoms with Gasteiger partial charge in [0, 0.05) is 22.7 Å². The van der Waals surface area contributed by atoms with Gasteiger partial charge in [-0.25, -0.2) is 0 Å². The molecule has 1 unspecified atom stereocenters. The highest BCUT2D eigenvalue weighted by atomic mass is 32.2. The highest BCUT2D eigenvalue weighted by Crippen LogP contribution is 2.27. The highest BCUT2D eigenvalue weighted by Gasteiger charge is 2.16. The second kappa shape index (κ2) is 7.64. The van der Waals surface area contributed by atoms with Crippen molar-refractivity contribution in [3.8, 4) is 5.75 Å². The summed E-state index contributed by atoms with van der Waals surface area (Å²) in [5.74, 6) is 0.500. The maximum Gasteiger partial charge on any atom is 0.271 e. The van der Waals surface area contributed by atoms with E-state index in [9.17, 15) is 14.9 Å². The zero-order valence-corrected chi connectivity index (χ0v) is 13.5. The number of anilines is 1. The van der Waals surface area contributed by atoms with Crippen molar-refractivity contribution in [2.75, 3.05) is 12.4 Å². The van der Waals surface area contributed by atoms with Gasteiger partial charge in [-0.05, 0) is 31.2 Å². The van der Waals surface area contributed by atoms with E-state index < -0.39 is 4.92 Å². The van der Waals surface area contributed by atoms with Crippen LogP contribution in [0.25, 0.3) is 0 Å². The highest BCUT2D eigenvalue weighted by molar-refractivity contribution is 8.00. The van der Waals surface area contributed by atoms with Gasteiger partial charge in [0.2, 0.25) is 5.91 Å². The first-order chi connectivity index (χ1) is 11.0. The third-order valence-corrected chi connectivity index (χ3v) is 4.14. The number of carbonyl (C=O) groups excluding carboxylic acids is 1. The van der Waals surface area contributed by atoms with Gasteiger partial charge in [-0.2, -0.15) is 0 Å². The van der Waals surface area contributed by atoms with E-state index in [4.69, 9.17) is 4.74 Å². The van der Waals surface area contributed by atoms with Crippen LogP contribution in [0.3, 0.4) is 0 Å². The fourth-order valence-electron chi connectivity index (χ4n) is 1.87. The number of methoxy groups -OCH3 is 1. The molecular weight excluding hydrogens is 316 g/mol. The standard InChI is InChI=1S/C16H16N2O4S/c1-11(23-15-8-4-7-14(10-15)22-2)16(19)17-12-5-3-6-13(9-12)18(20)21/h3-11H,1-2H3,(H,17,19). The maximum atomic E-state index is 12.2. The molecular formula is C16H16N2O4S. The third kappa shape index (κ3) is 4.72. The van der Waals surface area contributed by atoms with E-state index in [2.05, 4.69) is 5.32 Å².